The first-order valence-corrected chi connectivity index (χ1v) is 14.7. The van der Waals surface area contributed by atoms with E-state index in [1.165, 1.54) is 39.2 Å². The van der Waals surface area contributed by atoms with Gasteiger partial charge in [0.05, 0.1) is 39.6 Å². The Kier molecular flexibility index (Phi) is 9.39. The van der Waals surface area contributed by atoms with Gasteiger partial charge in [-0.1, -0.05) is 6.07 Å². The highest BCUT2D eigenvalue weighted by atomic mass is 19.4. The van der Waals surface area contributed by atoms with Gasteiger partial charge in [-0.25, -0.2) is 0 Å². The van der Waals surface area contributed by atoms with E-state index in [0.29, 0.717) is 53.3 Å². The van der Waals surface area contributed by atoms with E-state index in [1.807, 2.05) is 6.07 Å². The largest absolute Gasteiger partial charge is 0.493 e. The lowest BCUT2D eigenvalue weighted by molar-refractivity contribution is -0.148. The number of benzene rings is 1. The van der Waals surface area contributed by atoms with Crippen molar-refractivity contribution in [3.8, 4) is 28.4 Å². The van der Waals surface area contributed by atoms with Crippen molar-refractivity contribution in [2.24, 2.45) is 0 Å². The van der Waals surface area contributed by atoms with Gasteiger partial charge in [-0.3, -0.25) is 14.4 Å². The lowest BCUT2D eigenvalue weighted by atomic mass is 9.95. The van der Waals surface area contributed by atoms with Gasteiger partial charge in [0.15, 0.2) is 17.3 Å². The molecule has 3 aromatic rings. The zero-order valence-corrected chi connectivity index (χ0v) is 25.9. The molecular formula is C31H35F3N6O6. The average molecular weight is 645 g/mol. The molecule has 0 saturated carbocycles. The fourth-order valence-corrected chi connectivity index (χ4v) is 6.05. The van der Waals surface area contributed by atoms with Gasteiger partial charge in [0.2, 0.25) is 28.8 Å². The highest BCUT2D eigenvalue weighted by Gasteiger charge is 2.40. The molecule has 12 nitrogen and oxygen atoms in total. The molecule has 246 valence electrons. The van der Waals surface area contributed by atoms with Crippen molar-refractivity contribution >= 4 is 17.5 Å². The van der Waals surface area contributed by atoms with Crippen LogP contribution in [0, 0.1) is 0 Å². The number of nitrogens with one attached hydrogen (secondary N) is 2. The second-order valence-corrected chi connectivity index (χ2v) is 11.0. The van der Waals surface area contributed by atoms with Crippen LogP contribution in [0.4, 0.5) is 18.9 Å². The first-order valence-electron chi connectivity index (χ1n) is 14.7. The molecule has 1 unspecified atom stereocenters. The smallest absolute Gasteiger partial charge is 0.451 e. The first-order chi connectivity index (χ1) is 22.0. The third kappa shape index (κ3) is 6.44. The van der Waals surface area contributed by atoms with E-state index in [9.17, 15) is 27.6 Å². The van der Waals surface area contributed by atoms with Gasteiger partial charge in [-0.2, -0.15) is 13.2 Å². The molecule has 0 fully saturated rings. The molecule has 0 bridgehead atoms. The summed E-state index contributed by atoms with van der Waals surface area (Å²) in [6.45, 7) is 1.73. The predicted octanol–water partition coefficient (Wildman–Crippen LogP) is 3.71. The Morgan fingerprint density at radius 2 is 1.80 bits per heavy atom. The zero-order chi connectivity index (χ0) is 33.2. The van der Waals surface area contributed by atoms with Crippen molar-refractivity contribution in [3.63, 3.8) is 0 Å². The molecule has 2 N–H and O–H groups in total. The monoisotopic (exact) mass is 644 g/mol. The average Bonchev–Trinajstić information content (AvgIpc) is 3.33. The van der Waals surface area contributed by atoms with Gasteiger partial charge >= 0.3 is 6.18 Å². The van der Waals surface area contributed by atoms with E-state index in [4.69, 9.17) is 14.2 Å². The molecule has 2 heterocycles. The number of fused-ring (bicyclic) bond motifs is 4. The Balaban J connectivity index is 1.35. The van der Waals surface area contributed by atoms with Crippen molar-refractivity contribution in [2.75, 3.05) is 39.7 Å². The van der Waals surface area contributed by atoms with E-state index in [0.717, 1.165) is 15.7 Å². The zero-order valence-electron chi connectivity index (χ0n) is 25.9. The SMILES string of the molecule is COc1cc2c(c(OC)c1OC)-c1ccc(NCCCC(=O)N3CCn4c(nnc4C(F)(F)F)C3)c(=O)cc1C(NC(C)=O)CC2. The van der Waals surface area contributed by atoms with E-state index < -0.39 is 18.0 Å². The maximum Gasteiger partial charge on any atom is 0.451 e. The van der Waals surface area contributed by atoms with Crippen LogP contribution in [0.5, 0.6) is 17.2 Å². The molecule has 5 rings (SSSR count). The number of rotatable bonds is 9. The van der Waals surface area contributed by atoms with Gasteiger partial charge in [-0.15, -0.1) is 10.2 Å². The summed E-state index contributed by atoms with van der Waals surface area (Å²) in [6.07, 6.45) is -3.03. The van der Waals surface area contributed by atoms with Gasteiger partial charge < -0.3 is 34.3 Å². The van der Waals surface area contributed by atoms with Crippen molar-refractivity contribution in [2.45, 2.75) is 57.9 Å². The second-order valence-electron chi connectivity index (χ2n) is 11.0. The number of carbonyl (C=O) groups is 2. The number of ether oxygens (including phenoxy) is 3. The Morgan fingerprint density at radius 1 is 1.04 bits per heavy atom. The summed E-state index contributed by atoms with van der Waals surface area (Å²) in [7, 11) is 4.58. The van der Waals surface area contributed by atoms with E-state index in [2.05, 4.69) is 20.8 Å². The van der Waals surface area contributed by atoms with E-state index >= 15 is 0 Å². The minimum absolute atomic E-state index is 0.0437. The highest BCUT2D eigenvalue weighted by molar-refractivity contribution is 5.84. The summed E-state index contributed by atoms with van der Waals surface area (Å²) in [5.41, 5.74) is 2.95. The molecule has 1 atom stereocenters. The molecule has 0 saturated heterocycles. The summed E-state index contributed by atoms with van der Waals surface area (Å²) < 4.78 is 57.4. The Morgan fingerprint density at radius 3 is 2.48 bits per heavy atom. The van der Waals surface area contributed by atoms with E-state index in [1.54, 1.807) is 12.1 Å². The normalized spacial score (nSPS) is 15.5. The van der Waals surface area contributed by atoms with Gasteiger partial charge in [0.1, 0.15) is 0 Å². The number of methoxy groups -OCH3 is 3. The number of hydrogen-bond acceptors (Lipinski definition) is 9. The fourth-order valence-electron chi connectivity index (χ4n) is 6.05. The van der Waals surface area contributed by atoms with Crippen molar-refractivity contribution in [3.05, 3.63) is 57.3 Å². The summed E-state index contributed by atoms with van der Waals surface area (Å²) in [4.78, 5) is 39.9. The maximum atomic E-state index is 13.5. The number of hydrogen-bond donors (Lipinski definition) is 2. The second kappa shape index (κ2) is 13.3. The molecule has 0 radical (unpaired) electrons. The van der Waals surface area contributed by atoms with Crippen LogP contribution in [-0.4, -0.2) is 65.9 Å². The van der Waals surface area contributed by atoms with Gasteiger partial charge in [-0.05, 0) is 54.2 Å². The van der Waals surface area contributed by atoms with Crippen LogP contribution in [-0.2, 0) is 35.3 Å². The topological polar surface area (TPSA) is 137 Å². The summed E-state index contributed by atoms with van der Waals surface area (Å²) in [6, 6.07) is 6.40. The van der Waals surface area contributed by atoms with Crippen LogP contribution < -0.4 is 30.3 Å². The molecule has 15 heteroatoms. The Hall–Kier alpha value is -4.82. The molecule has 1 aliphatic heterocycles. The number of halogens is 3. The minimum Gasteiger partial charge on any atom is -0.493 e. The number of alkyl halides is 3. The van der Waals surface area contributed by atoms with Crippen molar-refractivity contribution in [1.82, 2.24) is 25.0 Å². The summed E-state index contributed by atoms with van der Waals surface area (Å²) in [5.74, 6) is -0.103. The fraction of sp³-hybridized carbons (Fsp3) is 0.452. The number of amides is 2. The van der Waals surface area contributed by atoms with Gasteiger partial charge in [0, 0.05) is 38.5 Å². The highest BCUT2D eigenvalue weighted by Crippen LogP contribution is 2.50. The molecule has 0 spiro atoms. The number of carbonyl (C=O) groups excluding carboxylic acids is 2. The van der Waals surface area contributed by atoms with Crippen molar-refractivity contribution < 1.29 is 37.0 Å². The molecule has 46 heavy (non-hydrogen) atoms. The lowest BCUT2D eigenvalue weighted by Crippen LogP contribution is -2.39. The molecule has 2 aromatic carbocycles. The summed E-state index contributed by atoms with van der Waals surface area (Å²) in [5, 5.41) is 13.0. The van der Waals surface area contributed by atoms with E-state index in [-0.39, 0.29) is 55.7 Å². The quantitative estimate of drug-likeness (QED) is 0.334. The van der Waals surface area contributed by atoms with Crippen LogP contribution in [0.1, 0.15) is 55.0 Å². The number of aryl methyl sites for hydroxylation is 1. The maximum absolute atomic E-state index is 13.5. The first kappa shape index (κ1) is 32.6. The Labute approximate surface area is 262 Å². The number of nitrogens with zero attached hydrogens (tertiary/aromatic N) is 4. The molecule has 1 aliphatic carbocycles. The van der Waals surface area contributed by atoms with Crippen molar-refractivity contribution in [1.29, 1.82) is 0 Å². The van der Waals surface area contributed by atoms with Crippen LogP contribution in [0.15, 0.2) is 29.1 Å². The van der Waals surface area contributed by atoms with Crippen LogP contribution >= 0.6 is 0 Å². The molecular weight excluding hydrogens is 609 g/mol. The lowest BCUT2D eigenvalue weighted by Gasteiger charge is -2.28. The molecule has 1 aromatic heterocycles. The van der Waals surface area contributed by atoms with Crippen LogP contribution in [0.25, 0.3) is 11.1 Å². The Bertz CT molecular complexity index is 1710. The summed E-state index contributed by atoms with van der Waals surface area (Å²) >= 11 is 0. The predicted molar refractivity (Wildman–Crippen MR) is 161 cm³/mol. The van der Waals surface area contributed by atoms with Crippen LogP contribution in [0.3, 0.4) is 0 Å². The standard InChI is InChI=1S/C31H35F3N6O6/c1-17(41)36-21-9-7-18-14-24(44-2)28(45-3)29(46-4)27(18)19-8-10-22(23(42)15-20(19)21)35-11-5-6-26(43)39-12-13-40-25(16-39)37-38-30(40)31(32,33)34/h8,10,14-15,21H,5-7,9,11-13,16H2,1-4H3,(H,35,42)(H,36,41). The third-order valence-corrected chi connectivity index (χ3v) is 8.16. The number of aromatic nitrogens is 3. The third-order valence-electron chi connectivity index (χ3n) is 8.16. The number of anilines is 1. The van der Waals surface area contributed by atoms with Gasteiger partial charge in [0.25, 0.3) is 0 Å². The van der Waals surface area contributed by atoms with Crippen LogP contribution in [0.2, 0.25) is 0 Å². The molecule has 2 aliphatic rings. The minimum atomic E-state index is -4.61. The molecule has 2 amide bonds.